The molecule has 0 amide bonds. The summed E-state index contributed by atoms with van der Waals surface area (Å²) in [6.45, 7) is 5.94. The molecular formula is C10H13N3S. The van der Waals surface area contributed by atoms with Crippen LogP contribution < -0.4 is 4.72 Å². The summed E-state index contributed by atoms with van der Waals surface area (Å²) in [7, 11) is 0. The van der Waals surface area contributed by atoms with Gasteiger partial charge in [0, 0.05) is 6.72 Å². The first-order valence-corrected chi connectivity index (χ1v) is 5.03. The smallest absolute Gasteiger partial charge is 0.105 e. The highest BCUT2D eigenvalue weighted by atomic mass is 32.2. The van der Waals surface area contributed by atoms with Crippen LogP contribution in [0.3, 0.4) is 0 Å². The van der Waals surface area contributed by atoms with E-state index in [1.807, 2.05) is 25.1 Å². The minimum atomic E-state index is 0.692. The van der Waals surface area contributed by atoms with Crippen molar-refractivity contribution in [1.29, 1.82) is 0 Å². The molecule has 0 spiro atoms. The molecule has 0 aliphatic heterocycles. The first-order valence-electron chi connectivity index (χ1n) is 4.26. The van der Waals surface area contributed by atoms with Crippen molar-refractivity contribution in [2.24, 2.45) is 9.39 Å². The molecule has 0 heterocycles. The van der Waals surface area contributed by atoms with Crippen molar-refractivity contribution in [2.45, 2.75) is 13.5 Å². The molecule has 0 aromatic heterocycles. The van der Waals surface area contributed by atoms with Crippen molar-refractivity contribution < 1.29 is 0 Å². The summed E-state index contributed by atoms with van der Waals surface area (Å²) in [6, 6.07) is 10.1. The van der Waals surface area contributed by atoms with Gasteiger partial charge in [-0.3, -0.25) is 9.71 Å². The lowest BCUT2D eigenvalue weighted by Crippen LogP contribution is -2.10. The monoisotopic (exact) mass is 207 g/mol. The third-order valence-corrected chi connectivity index (χ3v) is 2.12. The molecule has 0 unspecified atom stereocenters. The van der Waals surface area contributed by atoms with Gasteiger partial charge in [0.1, 0.15) is 5.84 Å². The maximum atomic E-state index is 4.33. The van der Waals surface area contributed by atoms with Gasteiger partial charge in [-0.05, 0) is 12.5 Å². The molecule has 1 aromatic rings. The average molecular weight is 207 g/mol. The summed E-state index contributed by atoms with van der Waals surface area (Å²) in [4.78, 5) is 4.33. The molecule has 1 N–H and O–H groups in total. The normalized spacial score (nSPS) is 11.1. The highest BCUT2D eigenvalue weighted by Gasteiger charge is 1.90. The zero-order chi connectivity index (χ0) is 10.2. The van der Waals surface area contributed by atoms with Gasteiger partial charge in [0.25, 0.3) is 0 Å². The van der Waals surface area contributed by atoms with Crippen molar-refractivity contribution in [3.05, 3.63) is 35.9 Å². The van der Waals surface area contributed by atoms with Crippen molar-refractivity contribution in [2.75, 3.05) is 0 Å². The lowest BCUT2D eigenvalue weighted by Gasteiger charge is -2.00. The van der Waals surface area contributed by atoms with E-state index in [2.05, 4.69) is 33.0 Å². The van der Waals surface area contributed by atoms with Gasteiger partial charge < -0.3 is 0 Å². The van der Waals surface area contributed by atoms with Crippen LogP contribution in [0.5, 0.6) is 0 Å². The highest BCUT2D eigenvalue weighted by Crippen LogP contribution is 2.00. The van der Waals surface area contributed by atoms with Crippen LogP contribution in [-0.4, -0.2) is 12.6 Å². The third-order valence-electron chi connectivity index (χ3n) is 1.60. The van der Waals surface area contributed by atoms with E-state index in [9.17, 15) is 0 Å². The topological polar surface area (TPSA) is 36.8 Å². The Balaban J connectivity index is 2.42. The molecule has 0 saturated heterocycles. The van der Waals surface area contributed by atoms with Crippen molar-refractivity contribution in [3.63, 3.8) is 0 Å². The number of rotatable bonds is 4. The molecule has 0 radical (unpaired) electrons. The number of hydrogen-bond donors (Lipinski definition) is 1. The predicted molar refractivity (Wildman–Crippen MR) is 63.5 cm³/mol. The van der Waals surface area contributed by atoms with E-state index in [1.165, 1.54) is 17.7 Å². The molecule has 0 fully saturated rings. The van der Waals surface area contributed by atoms with Crippen LogP contribution >= 0.6 is 12.1 Å². The van der Waals surface area contributed by atoms with Crippen molar-refractivity contribution in [3.8, 4) is 0 Å². The Morgan fingerprint density at radius 1 is 1.43 bits per heavy atom. The maximum absolute atomic E-state index is 4.33. The Morgan fingerprint density at radius 3 is 2.79 bits per heavy atom. The largest absolute Gasteiger partial charge is 0.299 e. The molecule has 0 bridgehead atoms. The van der Waals surface area contributed by atoms with E-state index in [0.29, 0.717) is 6.54 Å². The number of hydrogen-bond acceptors (Lipinski definition) is 3. The number of nitrogens with zero attached hydrogens (tertiary/aromatic N) is 2. The Hall–Kier alpha value is -1.29. The third kappa shape index (κ3) is 4.09. The minimum Gasteiger partial charge on any atom is -0.299 e. The second-order valence-electron chi connectivity index (χ2n) is 2.71. The number of benzene rings is 1. The average Bonchev–Trinajstić information content (AvgIpc) is 2.25. The Labute approximate surface area is 88.6 Å². The molecule has 1 aromatic carbocycles. The molecule has 0 aliphatic carbocycles. The van der Waals surface area contributed by atoms with Crippen molar-refractivity contribution in [1.82, 2.24) is 4.72 Å². The molecule has 14 heavy (non-hydrogen) atoms. The van der Waals surface area contributed by atoms with Crippen LogP contribution in [0, 0.1) is 0 Å². The zero-order valence-corrected chi connectivity index (χ0v) is 8.92. The zero-order valence-electron chi connectivity index (χ0n) is 8.10. The van der Waals surface area contributed by atoms with Crippen LogP contribution in [-0.2, 0) is 6.54 Å². The lowest BCUT2D eigenvalue weighted by atomic mass is 10.2. The summed E-state index contributed by atoms with van der Waals surface area (Å²) >= 11 is 1.18. The second kappa shape index (κ2) is 6.21. The molecule has 0 saturated carbocycles. The van der Waals surface area contributed by atoms with Gasteiger partial charge in [-0.1, -0.05) is 30.3 Å². The van der Waals surface area contributed by atoms with Gasteiger partial charge in [0.2, 0.25) is 0 Å². The van der Waals surface area contributed by atoms with Gasteiger partial charge in [-0.25, -0.2) is 4.40 Å². The fraction of sp³-hybridized carbons (Fsp3) is 0.200. The number of aliphatic imine (C=N–C) groups is 1. The van der Waals surface area contributed by atoms with Crippen LogP contribution in [0.4, 0.5) is 0 Å². The van der Waals surface area contributed by atoms with Gasteiger partial charge in [0.15, 0.2) is 0 Å². The Morgan fingerprint density at radius 2 is 2.14 bits per heavy atom. The molecule has 1 rings (SSSR count). The van der Waals surface area contributed by atoms with Gasteiger partial charge in [-0.15, -0.1) is 0 Å². The molecule has 4 heteroatoms. The SMILES string of the molecule is C=NSNC(C)=NCc1ccccc1. The predicted octanol–water partition coefficient (Wildman–Crippen LogP) is 2.46. The van der Waals surface area contributed by atoms with E-state index in [4.69, 9.17) is 0 Å². The van der Waals surface area contributed by atoms with Crippen molar-refractivity contribution >= 4 is 24.7 Å². The fourth-order valence-corrected chi connectivity index (χ4v) is 1.19. The number of nitrogens with one attached hydrogen (secondary N) is 1. The van der Waals surface area contributed by atoms with Crippen LogP contribution in [0.25, 0.3) is 0 Å². The summed E-state index contributed by atoms with van der Waals surface area (Å²) in [6.07, 6.45) is 0. The highest BCUT2D eigenvalue weighted by molar-refractivity contribution is 7.96. The minimum absolute atomic E-state index is 0.692. The first kappa shape index (κ1) is 10.8. The molecule has 3 nitrogen and oxygen atoms in total. The molecular weight excluding hydrogens is 194 g/mol. The number of amidine groups is 1. The van der Waals surface area contributed by atoms with Gasteiger partial charge in [0.05, 0.1) is 18.7 Å². The van der Waals surface area contributed by atoms with E-state index in [1.54, 1.807) is 0 Å². The van der Waals surface area contributed by atoms with Crippen LogP contribution in [0.15, 0.2) is 39.7 Å². The summed E-state index contributed by atoms with van der Waals surface area (Å²) in [5.41, 5.74) is 1.20. The van der Waals surface area contributed by atoms with Crippen LogP contribution in [0.1, 0.15) is 12.5 Å². The molecule has 0 aliphatic rings. The van der Waals surface area contributed by atoms with E-state index in [-0.39, 0.29) is 0 Å². The maximum Gasteiger partial charge on any atom is 0.105 e. The summed E-state index contributed by atoms with van der Waals surface area (Å²) in [5, 5.41) is 0. The molecule has 74 valence electrons. The van der Waals surface area contributed by atoms with E-state index >= 15 is 0 Å². The van der Waals surface area contributed by atoms with Gasteiger partial charge in [-0.2, -0.15) is 0 Å². The van der Waals surface area contributed by atoms with E-state index in [0.717, 1.165) is 5.84 Å². The summed E-state index contributed by atoms with van der Waals surface area (Å²) in [5.74, 6) is 0.853. The quantitative estimate of drug-likeness (QED) is 0.468. The Bertz CT molecular complexity index is 308. The fourth-order valence-electron chi connectivity index (χ4n) is 0.924. The van der Waals surface area contributed by atoms with E-state index < -0.39 is 0 Å². The summed E-state index contributed by atoms with van der Waals surface area (Å²) < 4.78 is 6.55. The lowest BCUT2D eigenvalue weighted by molar-refractivity contribution is 1.05. The molecule has 0 atom stereocenters. The first-order chi connectivity index (χ1) is 6.83. The van der Waals surface area contributed by atoms with Crippen LogP contribution in [0.2, 0.25) is 0 Å². The second-order valence-corrected chi connectivity index (χ2v) is 3.35. The standard InChI is InChI=1S/C10H13N3S/c1-9(13-14-11-2)12-8-10-6-4-3-5-7-10/h3-7H,2,8H2,1H3,(H,12,13). The van der Waals surface area contributed by atoms with Gasteiger partial charge >= 0.3 is 0 Å². The Kier molecular flexibility index (Phi) is 4.78.